The first-order chi connectivity index (χ1) is 15.7. The molecule has 0 unspecified atom stereocenters. The number of likely N-dealkylation sites (tertiary alicyclic amines) is 2. The smallest absolute Gasteiger partial charge is 0.256 e. The van der Waals surface area contributed by atoms with E-state index < -0.39 is 0 Å². The van der Waals surface area contributed by atoms with Crippen molar-refractivity contribution in [3.63, 3.8) is 0 Å². The molecule has 2 aliphatic rings. The summed E-state index contributed by atoms with van der Waals surface area (Å²) in [5.41, 5.74) is 3.05. The molecule has 166 valence electrons. The number of benzene rings is 2. The minimum absolute atomic E-state index is 0.0663. The Labute approximate surface area is 189 Å². The van der Waals surface area contributed by atoms with Gasteiger partial charge in [0.2, 0.25) is 5.91 Å². The molecule has 0 spiro atoms. The molecule has 2 aliphatic heterocycles. The van der Waals surface area contributed by atoms with Gasteiger partial charge in [-0.2, -0.15) is 0 Å². The van der Waals surface area contributed by atoms with Gasteiger partial charge in [-0.15, -0.1) is 0 Å². The van der Waals surface area contributed by atoms with Gasteiger partial charge in [-0.05, 0) is 43.7 Å². The lowest BCUT2D eigenvalue weighted by atomic mass is 9.94. The monoisotopic (exact) mass is 429 g/mol. The standard InChI is InChI=1S/C27H31N3O2/c31-26(28-15-7-2-8-16-28)22-13-17-29(18-14-22)27(32)24-20-30(19-21-9-3-1-4-10-21)25-12-6-5-11-23(24)25/h1,3-6,9-12,20,22H,2,7-8,13-19H2. The molecule has 3 heterocycles. The van der Waals surface area contributed by atoms with Crippen LogP contribution in [0.4, 0.5) is 0 Å². The van der Waals surface area contributed by atoms with Gasteiger partial charge in [-0.25, -0.2) is 0 Å². The third kappa shape index (κ3) is 4.16. The summed E-state index contributed by atoms with van der Waals surface area (Å²) in [6.07, 6.45) is 7.01. The van der Waals surface area contributed by atoms with Crippen molar-refractivity contribution in [1.82, 2.24) is 14.4 Å². The summed E-state index contributed by atoms with van der Waals surface area (Å²) >= 11 is 0. The highest BCUT2D eigenvalue weighted by atomic mass is 16.2. The van der Waals surface area contributed by atoms with Crippen LogP contribution in [0.15, 0.2) is 60.8 Å². The molecule has 0 bridgehead atoms. The van der Waals surface area contributed by atoms with Crippen LogP contribution in [-0.4, -0.2) is 52.4 Å². The maximum atomic E-state index is 13.5. The van der Waals surface area contributed by atoms with E-state index in [1.54, 1.807) is 0 Å². The molecular formula is C27H31N3O2. The number of para-hydroxylation sites is 1. The van der Waals surface area contributed by atoms with E-state index in [4.69, 9.17) is 0 Å². The van der Waals surface area contributed by atoms with E-state index in [0.29, 0.717) is 19.0 Å². The van der Waals surface area contributed by atoms with Crippen molar-refractivity contribution < 1.29 is 9.59 Å². The number of rotatable bonds is 4. The average Bonchev–Trinajstić information content (AvgIpc) is 3.23. The molecule has 5 nitrogen and oxygen atoms in total. The lowest BCUT2D eigenvalue weighted by molar-refractivity contribution is -0.137. The molecule has 2 fully saturated rings. The van der Waals surface area contributed by atoms with E-state index in [-0.39, 0.29) is 11.8 Å². The Morgan fingerprint density at radius 1 is 0.781 bits per heavy atom. The van der Waals surface area contributed by atoms with Gasteiger partial charge in [0.05, 0.1) is 5.56 Å². The Hall–Kier alpha value is -3.08. The summed E-state index contributed by atoms with van der Waals surface area (Å²) in [6, 6.07) is 18.5. The van der Waals surface area contributed by atoms with E-state index in [0.717, 1.165) is 61.8 Å². The predicted octanol–water partition coefficient (Wildman–Crippen LogP) is 4.55. The zero-order valence-electron chi connectivity index (χ0n) is 18.6. The number of amides is 2. The van der Waals surface area contributed by atoms with Crippen molar-refractivity contribution in [2.24, 2.45) is 5.92 Å². The number of hydrogen-bond donors (Lipinski definition) is 0. The van der Waals surface area contributed by atoms with Crippen LogP contribution in [0, 0.1) is 5.92 Å². The topological polar surface area (TPSA) is 45.6 Å². The first kappa shape index (κ1) is 20.8. The molecule has 0 aliphatic carbocycles. The lowest BCUT2D eigenvalue weighted by Crippen LogP contribution is -2.45. The highest BCUT2D eigenvalue weighted by Crippen LogP contribution is 2.27. The van der Waals surface area contributed by atoms with E-state index in [9.17, 15) is 9.59 Å². The first-order valence-electron chi connectivity index (χ1n) is 11.9. The fourth-order valence-electron chi connectivity index (χ4n) is 5.20. The number of aromatic nitrogens is 1. The van der Waals surface area contributed by atoms with Crippen LogP contribution in [0.5, 0.6) is 0 Å². The Morgan fingerprint density at radius 3 is 2.22 bits per heavy atom. The molecule has 0 N–H and O–H groups in total. The van der Waals surface area contributed by atoms with Gasteiger partial charge in [-0.3, -0.25) is 9.59 Å². The second kappa shape index (κ2) is 9.19. The van der Waals surface area contributed by atoms with Gasteiger partial charge >= 0.3 is 0 Å². The molecule has 2 amide bonds. The number of fused-ring (bicyclic) bond motifs is 1. The van der Waals surface area contributed by atoms with Crippen LogP contribution in [-0.2, 0) is 11.3 Å². The molecule has 0 atom stereocenters. The summed E-state index contributed by atoms with van der Waals surface area (Å²) in [7, 11) is 0. The van der Waals surface area contributed by atoms with Crippen molar-refractivity contribution in [2.45, 2.75) is 38.6 Å². The summed E-state index contributed by atoms with van der Waals surface area (Å²) in [5.74, 6) is 0.449. The fourth-order valence-corrected chi connectivity index (χ4v) is 5.20. The number of piperidine rings is 2. The Kier molecular flexibility index (Phi) is 5.97. The quantitative estimate of drug-likeness (QED) is 0.611. The maximum Gasteiger partial charge on any atom is 0.256 e. The lowest BCUT2D eigenvalue weighted by Gasteiger charge is -2.35. The van der Waals surface area contributed by atoms with Crippen LogP contribution < -0.4 is 0 Å². The van der Waals surface area contributed by atoms with E-state index >= 15 is 0 Å². The minimum Gasteiger partial charge on any atom is -0.342 e. The van der Waals surface area contributed by atoms with Gasteiger partial charge in [0.1, 0.15) is 0 Å². The maximum absolute atomic E-state index is 13.5. The van der Waals surface area contributed by atoms with Gasteiger partial charge < -0.3 is 14.4 Å². The molecule has 5 rings (SSSR count). The second-order valence-corrected chi connectivity index (χ2v) is 9.13. The SMILES string of the molecule is O=C(c1cn(Cc2ccccc2)c2ccccc12)N1CCC(C(=O)N2CCCCC2)CC1. The number of carbonyl (C=O) groups excluding carboxylic acids is 2. The summed E-state index contributed by atoms with van der Waals surface area (Å²) < 4.78 is 2.17. The molecule has 3 aromatic rings. The van der Waals surface area contributed by atoms with Gasteiger partial charge in [0.25, 0.3) is 5.91 Å². The van der Waals surface area contributed by atoms with Crippen molar-refractivity contribution in [3.05, 3.63) is 71.9 Å². The van der Waals surface area contributed by atoms with Crippen molar-refractivity contribution in [1.29, 1.82) is 0 Å². The molecule has 1 aromatic heterocycles. The van der Waals surface area contributed by atoms with E-state index in [1.165, 1.54) is 12.0 Å². The van der Waals surface area contributed by atoms with Gasteiger partial charge in [0, 0.05) is 55.7 Å². The molecular weight excluding hydrogens is 398 g/mol. The van der Waals surface area contributed by atoms with Gasteiger partial charge in [-0.1, -0.05) is 48.5 Å². The van der Waals surface area contributed by atoms with Crippen molar-refractivity contribution >= 4 is 22.7 Å². The van der Waals surface area contributed by atoms with Crippen LogP contribution in [0.1, 0.15) is 48.0 Å². The number of carbonyl (C=O) groups is 2. The zero-order chi connectivity index (χ0) is 21.9. The molecule has 2 aromatic carbocycles. The number of nitrogens with zero attached hydrogens (tertiary/aromatic N) is 3. The second-order valence-electron chi connectivity index (χ2n) is 9.13. The number of hydrogen-bond acceptors (Lipinski definition) is 2. The van der Waals surface area contributed by atoms with Crippen molar-refractivity contribution in [3.8, 4) is 0 Å². The third-order valence-corrected chi connectivity index (χ3v) is 7.01. The summed E-state index contributed by atoms with van der Waals surface area (Å²) in [4.78, 5) is 30.3. The molecule has 5 heteroatoms. The average molecular weight is 430 g/mol. The Bertz CT molecular complexity index is 1090. The predicted molar refractivity (Wildman–Crippen MR) is 127 cm³/mol. The fraction of sp³-hybridized carbons (Fsp3) is 0.407. The molecule has 32 heavy (non-hydrogen) atoms. The van der Waals surface area contributed by atoms with Crippen LogP contribution in [0.2, 0.25) is 0 Å². The van der Waals surface area contributed by atoms with Gasteiger partial charge in [0.15, 0.2) is 0 Å². The summed E-state index contributed by atoms with van der Waals surface area (Å²) in [5, 5.41) is 1.000. The highest BCUT2D eigenvalue weighted by Gasteiger charge is 2.31. The third-order valence-electron chi connectivity index (χ3n) is 7.01. The first-order valence-corrected chi connectivity index (χ1v) is 11.9. The van der Waals surface area contributed by atoms with Crippen LogP contribution >= 0.6 is 0 Å². The Balaban J connectivity index is 1.30. The van der Waals surface area contributed by atoms with Crippen LogP contribution in [0.25, 0.3) is 10.9 Å². The van der Waals surface area contributed by atoms with E-state index in [1.807, 2.05) is 52.4 Å². The normalized spacial score (nSPS) is 17.6. The van der Waals surface area contributed by atoms with E-state index in [2.05, 4.69) is 22.8 Å². The summed E-state index contributed by atoms with van der Waals surface area (Å²) in [6.45, 7) is 3.85. The largest absolute Gasteiger partial charge is 0.342 e. The molecule has 0 radical (unpaired) electrons. The minimum atomic E-state index is 0.0663. The molecule has 0 saturated carbocycles. The van der Waals surface area contributed by atoms with Crippen molar-refractivity contribution in [2.75, 3.05) is 26.2 Å². The van der Waals surface area contributed by atoms with Crippen LogP contribution in [0.3, 0.4) is 0 Å². The highest BCUT2D eigenvalue weighted by molar-refractivity contribution is 6.07. The molecule has 2 saturated heterocycles. The Morgan fingerprint density at radius 2 is 1.47 bits per heavy atom. The zero-order valence-corrected chi connectivity index (χ0v) is 18.6.